The number of piperazine rings is 1. The molecule has 1 atom stereocenters. The fourth-order valence-corrected chi connectivity index (χ4v) is 2.65. The van der Waals surface area contributed by atoms with Crippen molar-refractivity contribution in [3.63, 3.8) is 0 Å². The van der Waals surface area contributed by atoms with Gasteiger partial charge in [-0.25, -0.2) is 0 Å². The molecular weight excluding hydrogens is 265 g/mol. The maximum atomic E-state index is 12.8. The summed E-state index contributed by atoms with van der Waals surface area (Å²) in [6.07, 6.45) is -4.02. The molecule has 1 aliphatic rings. The standard InChI is InChI=1S/C15H21F3N2/c1-2-12-3-5-13(6-4-12)14(11-15(16,17)18)20-9-7-19-8-10-20/h3-6,14,19H,2,7-11H2,1H3/t14-/m1/s1. The molecule has 0 unspecified atom stereocenters. The highest BCUT2D eigenvalue weighted by molar-refractivity contribution is 5.25. The third-order valence-electron chi connectivity index (χ3n) is 3.79. The molecular formula is C15H21F3N2. The van der Waals surface area contributed by atoms with Gasteiger partial charge in [0.1, 0.15) is 0 Å². The maximum absolute atomic E-state index is 12.8. The summed E-state index contributed by atoms with van der Waals surface area (Å²) >= 11 is 0. The number of halogens is 3. The summed E-state index contributed by atoms with van der Waals surface area (Å²) in [5.74, 6) is 0. The van der Waals surface area contributed by atoms with Crippen LogP contribution in [0.4, 0.5) is 13.2 Å². The lowest BCUT2D eigenvalue weighted by molar-refractivity contribution is -0.148. The lowest BCUT2D eigenvalue weighted by Crippen LogP contribution is -2.46. The molecule has 1 aromatic rings. The monoisotopic (exact) mass is 286 g/mol. The van der Waals surface area contributed by atoms with Gasteiger partial charge in [0.15, 0.2) is 0 Å². The second-order valence-corrected chi connectivity index (χ2v) is 5.22. The predicted octanol–water partition coefficient (Wildman–Crippen LogP) is 3.15. The number of alkyl halides is 3. The fourth-order valence-electron chi connectivity index (χ4n) is 2.65. The summed E-state index contributed by atoms with van der Waals surface area (Å²) in [5, 5.41) is 3.18. The van der Waals surface area contributed by atoms with Gasteiger partial charge in [0.2, 0.25) is 0 Å². The first-order valence-corrected chi connectivity index (χ1v) is 7.10. The molecule has 2 rings (SSSR count). The van der Waals surface area contributed by atoms with E-state index in [-0.39, 0.29) is 0 Å². The Morgan fingerprint density at radius 2 is 1.75 bits per heavy atom. The van der Waals surface area contributed by atoms with E-state index in [1.54, 1.807) is 0 Å². The van der Waals surface area contributed by atoms with Gasteiger partial charge in [-0.3, -0.25) is 4.90 Å². The Kier molecular flexibility index (Phi) is 5.05. The molecule has 0 radical (unpaired) electrons. The van der Waals surface area contributed by atoms with Crippen LogP contribution in [-0.4, -0.2) is 37.3 Å². The average molecular weight is 286 g/mol. The van der Waals surface area contributed by atoms with Crippen molar-refractivity contribution in [3.8, 4) is 0 Å². The number of hydrogen-bond acceptors (Lipinski definition) is 2. The Labute approximate surface area is 118 Å². The number of aryl methyl sites for hydroxylation is 1. The molecule has 0 spiro atoms. The first kappa shape index (κ1) is 15.3. The van der Waals surface area contributed by atoms with E-state index < -0.39 is 18.6 Å². The Hall–Kier alpha value is -1.07. The van der Waals surface area contributed by atoms with Crippen LogP contribution in [0.2, 0.25) is 0 Å². The van der Waals surface area contributed by atoms with Crippen molar-refractivity contribution < 1.29 is 13.2 Å². The van der Waals surface area contributed by atoms with Crippen molar-refractivity contribution in [3.05, 3.63) is 35.4 Å². The molecule has 1 aliphatic heterocycles. The summed E-state index contributed by atoms with van der Waals surface area (Å²) in [5.41, 5.74) is 1.92. The van der Waals surface area contributed by atoms with Crippen LogP contribution in [0.25, 0.3) is 0 Å². The van der Waals surface area contributed by atoms with Crippen LogP contribution in [0.5, 0.6) is 0 Å². The number of rotatable bonds is 4. The van der Waals surface area contributed by atoms with E-state index in [2.05, 4.69) is 5.32 Å². The second-order valence-electron chi connectivity index (χ2n) is 5.22. The Balaban J connectivity index is 2.19. The summed E-state index contributed by atoms with van der Waals surface area (Å²) in [6.45, 7) is 4.87. The smallest absolute Gasteiger partial charge is 0.314 e. The zero-order valence-electron chi connectivity index (χ0n) is 11.7. The summed E-state index contributed by atoms with van der Waals surface area (Å²) in [4.78, 5) is 1.94. The molecule has 1 aromatic carbocycles. The minimum absolute atomic E-state index is 0.567. The predicted molar refractivity (Wildman–Crippen MR) is 73.7 cm³/mol. The molecule has 5 heteroatoms. The van der Waals surface area contributed by atoms with Crippen LogP contribution < -0.4 is 5.32 Å². The second kappa shape index (κ2) is 6.59. The van der Waals surface area contributed by atoms with Crippen LogP contribution >= 0.6 is 0 Å². The summed E-state index contributed by atoms with van der Waals surface area (Å²) in [6, 6.07) is 6.99. The van der Waals surface area contributed by atoms with Crippen LogP contribution in [0.15, 0.2) is 24.3 Å². The van der Waals surface area contributed by atoms with Crippen molar-refractivity contribution in [1.82, 2.24) is 10.2 Å². The van der Waals surface area contributed by atoms with Crippen LogP contribution in [0.3, 0.4) is 0 Å². The van der Waals surface area contributed by atoms with Gasteiger partial charge in [-0.1, -0.05) is 31.2 Å². The number of nitrogens with zero attached hydrogens (tertiary/aromatic N) is 1. The van der Waals surface area contributed by atoms with Crippen molar-refractivity contribution >= 4 is 0 Å². The Morgan fingerprint density at radius 1 is 1.15 bits per heavy atom. The normalized spacial score (nSPS) is 19.0. The van der Waals surface area contributed by atoms with E-state index in [1.165, 1.54) is 0 Å². The lowest BCUT2D eigenvalue weighted by Gasteiger charge is -2.35. The molecule has 2 nitrogen and oxygen atoms in total. The zero-order chi connectivity index (χ0) is 14.6. The molecule has 0 saturated carbocycles. The highest BCUT2D eigenvalue weighted by Gasteiger charge is 2.35. The summed E-state index contributed by atoms with van der Waals surface area (Å²) in [7, 11) is 0. The van der Waals surface area contributed by atoms with Gasteiger partial charge in [-0.05, 0) is 17.5 Å². The van der Waals surface area contributed by atoms with Gasteiger partial charge in [-0.15, -0.1) is 0 Å². The van der Waals surface area contributed by atoms with Crippen molar-refractivity contribution in [2.75, 3.05) is 26.2 Å². The van der Waals surface area contributed by atoms with Gasteiger partial charge in [-0.2, -0.15) is 13.2 Å². The molecule has 0 aromatic heterocycles. The van der Waals surface area contributed by atoms with Crippen LogP contribution in [0, 0.1) is 0 Å². The molecule has 0 amide bonds. The zero-order valence-corrected chi connectivity index (χ0v) is 11.7. The van der Waals surface area contributed by atoms with Gasteiger partial charge < -0.3 is 5.32 Å². The summed E-state index contributed by atoms with van der Waals surface area (Å²) < 4.78 is 38.5. The maximum Gasteiger partial charge on any atom is 0.390 e. The largest absolute Gasteiger partial charge is 0.390 e. The number of hydrogen-bond donors (Lipinski definition) is 1. The molecule has 112 valence electrons. The van der Waals surface area contributed by atoms with E-state index in [4.69, 9.17) is 0 Å². The minimum Gasteiger partial charge on any atom is -0.314 e. The molecule has 1 saturated heterocycles. The van der Waals surface area contributed by atoms with Crippen molar-refractivity contribution in [2.24, 2.45) is 0 Å². The number of benzene rings is 1. The lowest BCUT2D eigenvalue weighted by atomic mass is 9.99. The van der Waals surface area contributed by atoms with Crippen molar-refractivity contribution in [1.29, 1.82) is 0 Å². The Morgan fingerprint density at radius 3 is 2.25 bits per heavy atom. The topological polar surface area (TPSA) is 15.3 Å². The molecule has 1 N–H and O–H groups in total. The molecule has 1 fully saturated rings. The van der Waals surface area contributed by atoms with E-state index in [9.17, 15) is 13.2 Å². The first-order chi connectivity index (χ1) is 9.49. The van der Waals surface area contributed by atoms with Crippen molar-refractivity contribution in [2.45, 2.75) is 32.0 Å². The van der Waals surface area contributed by atoms with Gasteiger partial charge in [0.05, 0.1) is 6.42 Å². The van der Waals surface area contributed by atoms with E-state index >= 15 is 0 Å². The highest BCUT2D eigenvalue weighted by Crippen LogP contribution is 2.34. The van der Waals surface area contributed by atoms with Crippen LogP contribution in [-0.2, 0) is 6.42 Å². The number of nitrogens with one attached hydrogen (secondary N) is 1. The molecule has 1 heterocycles. The first-order valence-electron chi connectivity index (χ1n) is 7.10. The van der Waals surface area contributed by atoms with Gasteiger partial charge >= 0.3 is 6.18 Å². The fraction of sp³-hybridized carbons (Fsp3) is 0.600. The average Bonchev–Trinajstić information content (AvgIpc) is 2.45. The van der Waals surface area contributed by atoms with Gasteiger partial charge in [0, 0.05) is 32.2 Å². The highest BCUT2D eigenvalue weighted by atomic mass is 19.4. The molecule has 0 aliphatic carbocycles. The SMILES string of the molecule is CCc1ccc([C@@H](CC(F)(F)F)N2CCNCC2)cc1. The third-order valence-corrected chi connectivity index (χ3v) is 3.79. The quantitative estimate of drug-likeness (QED) is 0.914. The van der Waals surface area contributed by atoms with E-state index in [0.717, 1.165) is 30.6 Å². The van der Waals surface area contributed by atoms with E-state index in [1.807, 2.05) is 36.1 Å². The van der Waals surface area contributed by atoms with Crippen LogP contribution in [0.1, 0.15) is 30.5 Å². The minimum atomic E-state index is -4.14. The molecule has 20 heavy (non-hydrogen) atoms. The van der Waals surface area contributed by atoms with E-state index in [0.29, 0.717) is 13.1 Å². The molecule has 0 bridgehead atoms. The van der Waals surface area contributed by atoms with Gasteiger partial charge in [0.25, 0.3) is 0 Å². The Bertz CT molecular complexity index is 408. The third kappa shape index (κ3) is 4.21.